The molecule has 1 aromatic rings. The third-order valence-electron chi connectivity index (χ3n) is 3.52. The van der Waals surface area contributed by atoms with Crippen molar-refractivity contribution < 1.29 is 8.42 Å². The topological polar surface area (TPSA) is 65.5 Å². The predicted octanol–water partition coefficient (Wildman–Crippen LogP) is 0.926. The molecule has 1 aliphatic rings. The second-order valence-electron chi connectivity index (χ2n) is 5.06. The Morgan fingerprint density at radius 2 is 2.00 bits per heavy atom. The van der Waals surface area contributed by atoms with E-state index in [9.17, 15) is 8.42 Å². The van der Waals surface area contributed by atoms with Crippen molar-refractivity contribution in [2.45, 2.75) is 13.5 Å². The van der Waals surface area contributed by atoms with Gasteiger partial charge >= 0.3 is 0 Å². The summed E-state index contributed by atoms with van der Waals surface area (Å²) in [7, 11) is -3.10. The Bertz CT molecular complexity index is 586. The average Bonchev–Trinajstić information content (AvgIpc) is 2.46. The van der Waals surface area contributed by atoms with Crippen LogP contribution in [0.15, 0.2) is 12.3 Å². The number of hydrogen-bond donors (Lipinski definition) is 1. The van der Waals surface area contributed by atoms with Crippen LogP contribution >= 0.6 is 11.6 Å². The molecule has 6 nitrogen and oxygen atoms in total. The van der Waals surface area contributed by atoms with E-state index in [4.69, 9.17) is 11.6 Å². The molecule has 118 valence electrons. The standard InChI is InChI=1S/C13H21ClN4O2S/c1-3-15-9-11-8-13(16-10-12(11)14)17-4-6-18(7-5-17)21(2,19)20/h8,10,15H,3-7,9H2,1-2H3. The summed E-state index contributed by atoms with van der Waals surface area (Å²) in [6.07, 6.45) is 2.91. The van der Waals surface area contributed by atoms with E-state index in [-0.39, 0.29) is 0 Å². The molecule has 1 aliphatic heterocycles. The summed E-state index contributed by atoms with van der Waals surface area (Å²) in [5, 5.41) is 3.89. The van der Waals surface area contributed by atoms with Gasteiger partial charge in [0.2, 0.25) is 10.0 Å². The lowest BCUT2D eigenvalue weighted by Gasteiger charge is -2.34. The van der Waals surface area contributed by atoms with Crippen LogP contribution in [0.1, 0.15) is 12.5 Å². The van der Waals surface area contributed by atoms with Crippen molar-refractivity contribution in [1.82, 2.24) is 14.6 Å². The van der Waals surface area contributed by atoms with Crippen LogP contribution in [-0.2, 0) is 16.6 Å². The molecule has 2 heterocycles. The van der Waals surface area contributed by atoms with Gasteiger partial charge in [0, 0.05) is 38.9 Å². The maximum atomic E-state index is 11.5. The Balaban J connectivity index is 2.06. The molecule has 8 heteroatoms. The van der Waals surface area contributed by atoms with E-state index >= 15 is 0 Å². The van der Waals surface area contributed by atoms with Crippen LogP contribution in [0.5, 0.6) is 0 Å². The number of aromatic nitrogens is 1. The first kappa shape index (κ1) is 16.5. The maximum Gasteiger partial charge on any atom is 0.211 e. The normalized spacial score (nSPS) is 17.2. The third kappa shape index (κ3) is 4.29. The number of halogens is 1. The van der Waals surface area contributed by atoms with Crippen molar-refractivity contribution >= 4 is 27.4 Å². The zero-order chi connectivity index (χ0) is 15.5. The minimum Gasteiger partial charge on any atom is -0.354 e. The lowest BCUT2D eigenvalue weighted by molar-refractivity contribution is 0.387. The molecule has 0 saturated carbocycles. The van der Waals surface area contributed by atoms with Crippen molar-refractivity contribution in [1.29, 1.82) is 0 Å². The molecular formula is C13H21ClN4O2S. The van der Waals surface area contributed by atoms with E-state index in [0.29, 0.717) is 37.7 Å². The molecule has 0 radical (unpaired) electrons. The highest BCUT2D eigenvalue weighted by Crippen LogP contribution is 2.21. The summed E-state index contributed by atoms with van der Waals surface area (Å²) in [6.45, 7) is 5.89. The summed E-state index contributed by atoms with van der Waals surface area (Å²) in [5.41, 5.74) is 1.01. The van der Waals surface area contributed by atoms with Crippen LogP contribution in [0.25, 0.3) is 0 Å². The molecule has 21 heavy (non-hydrogen) atoms. The van der Waals surface area contributed by atoms with Crippen molar-refractivity contribution in [3.8, 4) is 0 Å². The zero-order valence-electron chi connectivity index (χ0n) is 12.3. The number of anilines is 1. The van der Waals surface area contributed by atoms with Crippen LogP contribution in [-0.4, -0.2) is 56.7 Å². The zero-order valence-corrected chi connectivity index (χ0v) is 13.9. The van der Waals surface area contributed by atoms with Gasteiger partial charge in [0.05, 0.1) is 11.3 Å². The molecule has 0 amide bonds. The van der Waals surface area contributed by atoms with Crippen molar-refractivity contribution in [2.24, 2.45) is 0 Å². The van der Waals surface area contributed by atoms with Gasteiger partial charge in [0.1, 0.15) is 5.82 Å². The lowest BCUT2D eigenvalue weighted by atomic mass is 10.2. The lowest BCUT2D eigenvalue weighted by Crippen LogP contribution is -2.48. The molecule has 1 saturated heterocycles. The average molecular weight is 333 g/mol. The Hall–Kier alpha value is -0.890. The van der Waals surface area contributed by atoms with Gasteiger partial charge in [-0.05, 0) is 18.2 Å². The third-order valence-corrected chi connectivity index (χ3v) is 5.16. The van der Waals surface area contributed by atoms with Crippen LogP contribution in [0, 0.1) is 0 Å². The van der Waals surface area contributed by atoms with Gasteiger partial charge < -0.3 is 10.2 Å². The van der Waals surface area contributed by atoms with E-state index in [1.165, 1.54) is 10.6 Å². The molecule has 0 unspecified atom stereocenters. The minimum absolute atomic E-state index is 0.492. The van der Waals surface area contributed by atoms with Crippen molar-refractivity contribution in [3.63, 3.8) is 0 Å². The molecule has 0 bridgehead atoms. The molecule has 1 fully saturated rings. The van der Waals surface area contributed by atoms with E-state index in [0.717, 1.165) is 17.9 Å². The highest BCUT2D eigenvalue weighted by atomic mass is 35.5. The number of nitrogens with one attached hydrogen (secondary N) is 1. The SMILES string of the molecule is CCNCc1cc(N2CCN(S(C)(=O)=O)CC2)ncc1Cl. The molecule has 1 N–H and O–H groups in total. The van der Waals surface area contributed by atoms with E-state index in [1.54, 1.807) is 6.20 Å². The minimum atomic E-state index is -3.10. The second-order valence-corrected chi connectivity index (χ2v) is 7.45. The summed E-state index contributed by atoms with van der Waals surface area (Å²) in [5.74, 6) is 0.848. The Morgan fingerprint density at radius 3 is 2.57 bits per heavy atom. The summed E-state index contributed by atoms with van der Waals surface area (Å²) >= 11 is 6.15. The largest absolute Gasteiger partial charge is 0.354 e. The van der Waals surface area contributed by atoms with Gasteiger partial charge in [0.25, 0.3) is 0 Å². The smallest absolute Gasteiger partial charge is 0.211 e. The predicted molar refractivity (Wildman–Crippen MR) is 85.3 cm³/mol. The number of nitrogens with zero attached hydrogens (tertiary/aromatic N) is 3. The summed E-state index contributed by atoms with van der Waals surface area (Å²) in [4.78, 5) is 6.45. The van der Waals surface area contributed by atoms with Crippen molar-refractivity contribution in [2.75, 3.05) is 43.9 Å². The number of hydrogen-bond acceptors (Lipinski definition) is 5. The van der Waals surface area contributed by atoms with Crippen LogP contribution in [0.3, 0.4) is 0 Å². The molecular weight excluding hydrogens is 312 g/mol. The molecule has 0 spiro atoms. The fourth-order valence-corrected chi connectivity index (χ4v) is 3.28. The quantitative estimate of drug-likeness (QED) is 0.869. The Morgan fingerprint density at radius 1 is 1.33 bits per heavy atom. The van der Waals surface area contributed by atoms with Crippen LogP contribution in [0.4, 0.5) is 5.82 Å². The molecule has 0 aliphatic carbocycles. The van der Waals surface area contributed by atoms with E-state index in [1.807, 2.05) is 13.0 Å². The first-order valence-electron chi connectivity index (χ1n) is 6.97. The number of rotatable bonds is 5. The van der Waals surface area contributed by atoms with Gasteiger partial charge in [-0.2, -0.15) is 4.31 Å². The maximum absolute atomic E-state index is 11.5. The highest BCUT2D eigenvalue weighted by molar-refractivity contribution is 7.88. The van der Waals surface area contributed by atoms with Crippen LogP contribution in [0.2, 0.25) is 5.02 Å². The van der Waals surface area contributed by atoms with Crippen LogP contribution < -0.4 is 10.2 Å². The van der Waals surface area contributed by atoms with Gasteiger partial charge in [-0.3, -0.25) is 0 Å². The van der Waals surface area contributed by atoms with E-state index < -0.39 is 10.0 Å². The van der Waals surface area contributed by atoms with Gasteiger partial charge in [-0.25, -0.2) is 13.4 Å². The van der Waals surface area contributed by atoms with Gasteiger partial charge in [-0.15, -0.1) is 0 Å². The monoisotopic (exact) mass is 332 g/mol. The first-order chi connectivity index (χ1) is 9.91. The second kappa shape index (κ2) is 6.91. The number of sulfonamides is 1. The molecule has 0 aromatic carbocycles. The first-order valence-corrected chi connectivity index (χ1v) is 9.19. The number of piperazine rings is 1. The van der Waals surface area contributed by atoms with Crippen molar-refractivity contribution in [3.05, 3.63) is 22.8 Å². The summed E-state index contributed by atoms with van der Waals surface area (Å²) < 4.78 is 24.5. The Kier molecular flexibility index (Phi) is 5.43. The highest BCUT2D eigenvalue weighted by Gasteiger charge is 2.24. The Labute approximate surface area is 131 Å². The fourth-order valence-electron chi connectivity index (χ4n) is 2.28. The fraction of sp³-hybridized carbons (Fsp3) is 0.615. The molecule has 1 aromatic heterocycles. The van der Waals surface area contributed by atoms with Gasteiger partial charge in [-0.1, -0.05) is 18.5 Å². The summed E-state index contributed by atoms with van der Waals surface area (Å²) in [6, 6.07) is 1.97. The molecule has 2 rings (SSSR count). The van der Waals surface area contributed by atoms with Gasteiger partial charge in [0.15, 0.2) is 0 Å². The molecule has 0 atom stereocenters. The number of pyridine rings is 1. The van der Waals surface area contributed by atoms with E-state index in [2.05, 4.69) is 15.2 Å².